The van der Waals surface area contributed by atoms with Gasteiger partial charge < -0.3 is 19.9 Å². The first kappa shape index (κ1) is 17.3. The number of hydrogen-bond acceptors (Lipinski definition) is 4. The van der Waals surface area contributed by atoms with Gasteiger partial charge in [0.05, 0.1) is 12.0 Å². The zero-order chi connectivity index (χ0) is 16.7. The second kappa shape index (κ2) is 7.97. The number of rotatable bonds is 6. The highest BCUT2D eigenvalue weighted by atomic mass is 16.5. The highest BCUT2D eigenvalue weighted by Crippen LogP contribution is 2.30. The first-order valence-electron chi connectivity index (χ1n) is 7.78. The molecule has 0 bridgehead atoms. The van der Waals surface area contributed by atoms with E-state index in [1.54, 1.807) is 6.92 Å². The van der Waals surface area contributed by atoms with Crippen LogP contribution >= 0.6 is 0 Å². The summed E-state index contributed by atoms with van der Waals surface area (Å²) in [6.45, 7) is 3.09. The van der Waals surface area contributed by atoms with Crippen molar-refractivity contribution in [2.45, 2.75) is 38.3 Å². The van der Waals surface area contributed by atoms with E-state index in [-0.39, 0.29) is 18.9 Å². The molecule has 1 saturated heterocycles. The number of nitrogens with one attached hydrogen (secondary N) is 1. The topological polar surface area (TPSA) is 84.9 Å². The molecule has 1 unspecified atom stereocenters. The van der Waals surface area contributed by atoms with E-state index in [2.05, 4.69) is 5.32 Å². The monoisotopic (exact) mass is 321 g/mol. The minimum atomic E-state index is -0.942. The number of carbonyl (C=O) groups excluding carboxylic acids is 1. The fourth-order valence-electron chi connectivity index (χ4n) is 2.93. The van der Waals surface area contributed by atoms with E-state index in [0.29, 0.717) is 13.2 Å². The Morgan fingerprint density at radius 3 is 2.57 bits per heavy atom. The van der Waals surface area contributed by atoms with Gasteiger partial charge in [-0.15, -0.1) is 0 Å². The lowest BCUT2D eigenvalue weighted by Crippen LogP contribution is -2.54. The van der Waals surface area contributed by atoms with Crippen LogP contribution in [0.5, 0.6) is 0 Å². The summed E-state index contributed by atoms with van der Waals surface area (Å²) in [4.78, 5) is 23.3. The van der Waals surface area contributed by atoms with Crippen molar-refractivity contribution in [3.8, 4) is 0 Å². The summed E-state index contributed by atoms with van der Waals surface area (Å²) >= 11 is 0. The lowest BCUT2D eigenvalue weighted by molar-refractivity contribution is -0.139. The Kier molecular flexibility index (Phi) is 5.98. The standard InChI is InChI=1S/C17H23NO5/c1-17(11-15(19)20,14-7-9-22-10-8-14)18-16(21)23-12-13-5-3-2-4-6-13/h2-6,14H,7-12H2,1H3,(H,18,21)(H,19,20). The predicted molar refractivity (Wildman–Crippen MR) is 84.0 cm³/mol. The summed E-state index contributed by atoms with van der Waals surface area (Å²) in [6.07, 6.45) is 0.716. The third-order valence-corrected chi connectivity index (χ3v) is 4.24. The Bertz CT molecular complexity index is 527. The van der Waals surface area contributed by atoms with Crippen LogP contribution in [0.2, 0.25) is 0 Å². The van der Waals surface area contributed by atoms with Crippen molar-refractivity contribution in [1.82, 2.24) is 5.32 Å². The van der Waals surface area contributed by atoms with E-state index in [4.69, 9.17) is 9.47 Å². The number of ether oxygens (including phenoxy) is 2. The van der Waals surface area contributed by atoms with Gasteiger partial charge in [-0.3, -0.25) is 4.79 Å². The highest BCUT2D eigenvalue weighted by molar-refractivity contribution is 5.72. The summed E-state index contributed by atoms with van der Waals surface area (Å²) < 4.78 is 10.5. The van der Waals surface area contributed by atoms with Crippen LogP contribution in [0.4, 0.5) is 4.79 Å². The van der Waals surface area contributed by atoms with Crippen molar-refractivity contribution >= 4 is 12.1 Å². The zero-order valence-corrected chi connectivity index (χ0v) is 13.3. The molecule has 23 heavy (non-hydrogen) atoms. The molecule has 2 N–H and O–H groups in total. The number of carboxylic acid groups (broad SMARTS) is 1. The fraction of sp³-hybridized carbons (Fsp3) is 0.529. The summed E-state index contributed by atoms with van der Waals surface area (Å²) in [5.41, 5.74) is 0.0391. The molecule has 1 atom stereocenters. The number of hydrogen-bond donors (Lipinski definition) is 2. The molecule has 0 aromatic heterocycles. The predicted octanol–water partition coefficient (Wildman–Crippen LogP) is 2.57. The van der Waals surface area contributed by atoms with E-state index in [9.17, 15) is 14.7 Å². The maximum Gasteiger partial charge on any atom is 0.407 e. The second-order valence-corrected chi connectivity index (χ2v) is 6.06. The zero-order valence-electron chi connectivity index (χ0n) is 13.3. The Morgan fingerprint density at radius 1 is 1.30 bits per heavy atom. The van der Waals surface area contributed by atoms with Gasteiger partial charge >= 0.3 is 12.1 Å². The molecule has 1 fully saturated rings. The van der Waals surface area contributed by atoms with E-state index < -0.39 is 17.6 Å². The largest absolute Gasteiger partial charge is 0.481 e. The molecule has 1 aromatic rings. The lowest BCUT2D eigenvalue weighted by Gasteiger charge is -2.39. The normalized spacial score (nSPS) is 18.0. The van der Waals surface area contributed by atoms with Crippen LogP contribution < -0.4 is 5.32 Å². The van der Waals surface area contributed by atoms with E-state index in [0.717, 1.165) is 18.4 Å². The molecule has 1 heterocycles. The third-order valence-electron chi connectivity index (χ3n) is 4.24. The molecule has 6 heteroatoms. The maximum atomic E-state index is 12.1. The Balaban J connectivity index is 1.95. The molecular weight excluding hydrogens is 298 g/mol. The number of aliphatic carboxylic acids is 1. The molecule has 1 amide bonds. The van der Waals surface area contributed by atoms with Crippen LogP contribution in [-0.4, -0.2) is 35.9 Å². The number of alkyl carbamates (subject to hydrolysis) is 1. The second-order valence-electron chi connectivity index (χ2n) is 6.06. The van der Waals surface area contributed by atoms with Crippen molar-refractivity contribution in [2.75, 3.05) is 13.2 Å². The molecule has 1 aliphatic rings. The Morgan fingerprint density at radius 2 is 1.96 bits per heavy atom. The van der Waals surface area contributed by atoms with Gasteiger partial charge in [0.25, 0.3) is 0 Å². The van der Waals surface area contributed by atoms with Crippen LogP contribution in [0.25, 0.3) is 0 Å². The molecule has 1 aromatic carbocycles. The number of amides is 1. The molecule has 1 aliphatic heterocycles. The Labute approximate surface area is 135 Å². The molecule has 2 rings (SSSR count). The average Bonchev–Trinajstić information content (AvgIpc) is 2.54. The van der Waals surface area contributed by atoms with Crippen molar-refractivity contribution in [2.24, 2.45) is 5.92 Å². The number of carboxylic acids is 1. The van der Waals surface area contributed by atoms with Gasteiger partial charge in [0, 0.05) is 13.2 Å². The summed E-state index contributed by atoms with van der Waals surface area (Å²) in [6, 6.07) is 9.35. The van der Waals surface area contributed by atoms with Gasteiger partial charge in [-0.25, -0.2) is 4.79 Å². The van der Waals surface area contributed by atoms with E-state index in [1.807, 2.05) is 30.3 Å². The van der Waals surface area contributed by atoms with Crippen LogP contribution in [0.15, 0.2) is 30.3 Å². The van der Waals surface area contributed by atoms with Crippen molar-refractivity contribution in [3.05, 3.63) is 35.9 Å². The van der Waals surface area contributed by atoms with Crippen molar-refractivity contribution < 1.29 is 24.2 Å². The maximum absolute atomic E-state index is 12.1. The molecule has 6 nitrogen and oxygen atoms in total. The van der Waals surface area contributed by atoms with E-state index >= 15 is 0 Å². The lowest BCUT2D eigenvalue weighted by atomic mass is 9.78. The fourth-order valence-corrected chi connectivity index (χ4v) is 2.93. The Hall–Kier alpha value is -2.08. The summed E-state index contributed by atoms with van der Waals surface area (Å²) in [5, 5.41) is 11.9. The molecule has 0 spiro atoms. The van der Waals surface area contributed by atoms with Gasteiger partial charge in [-0.2, -0.15) is 0 Å². The van der Waals surface area contributed by atoms with Crippen LogP contribution in [0, 0.1) is 5.92 Å². The SMILES string of the molecule is CC(CC(=O)O)(NC(=O)OCc1ccccc1)C1CCOCC1. The first-order chi connectivity index (χ1) is 11.0. The molecule has 0 radical (unpaired) electrons. The van der Waals surface area contributed by atoms with Crippen LogP contribution in [-0.2, 0) is 20.9 Å². The third kappa shape index (κ3) is 5.25. The van der Waals surface area contributed by atoms with Crippen LogP contribution in [0.3, 0.4) is 0 Å². The van der Waals surface area contributed by atoms with Gasteiger partial charge in [-0.05, 0) is 31.2 Å². The molecule has 0 saturated carbocycles. The molecule has 0 aliphatic carbocycles. The number of carbonyl (C=O) groups is 2. The van der Waals surface area contributed by atoms with Crippen LogP contribution in [0.1, 0.15) is 31.7 Å². The van der Waals surface area contributed by atoms with Gasteiger partial charge in [-0.1, -0.05) is 30.3 Å². The van der Waals surface area contributed by atoms with Gasteiger partial charge in [0.1, 0.15) is 6.61 Å². The highest BCUT2D eigenvalue weighted by Gasteiger charge is 2.39. The summed E-state index contributed by atoms with van der Waals surface area (Å²) in [7, 11) is 0. The van der Waals surface area contributed by atoms with Crippen molar-refractivity contribution in [3.63, 3.8) is 0 Å². The molecular formula is C17H23NO5. The summed E-state index contributed by atoms with van der Waals surface area (Å²) in [5.74, 6) is -0.890. The molecule has 126 valence electrons. The van der Waals surface area contributed by atoms with Gasteiger partial charge in [0.2, 0.25) is 0 Å². The quantitative estimate of drug-likeness (QED) is 0.841. The minimum Gasteiger partial charge on any atom is -0.481 e. The van der Waals surface area contributed by atoms with Crippen molar-refractivity contribution in [1.29, 1.82) is 0 Å². The average molecular weight is 321 g/mol. The smallest absolute Gasteiger partial charge is 0.407 e. The van der Waals surface area contributed by atoms with E-state index in [1.165, 1.54) is 0 Å². The number of benzene rings is 1. The minimum absolute atomic E-state index is 0.0524. The van der Waals surface area contributed by atoms with Gasteiger partial charge in [0.15, 0.2) is 0 Å². The first-order valence-corrected chi connectivity index (χ1v) is 7.78.